The average Bonchev–Trinajstić information content (AvgIpc) is 2.03. The van der Waals surface area contributed by atoms with Crippen molar-refractivity contribution in [1.82, 2.24) is 5.48 Å². The van der Waals surface area contributed by atoms with Crippen molar-refractivity contribution in [3.63, 3.8) is 0 Å². The molecule has 0 aliphatic carbocycles. The van der Waals surface area contributed by atoms with Crippen molar-refractivity contribution in [1.29, 1.82) is 0 Å². The van der Waals surface area contributed by atoms with E-state index in [1.54, 1.807) is 6.08 Å². The Kier molecular flexibility index (Phi) is 4.86. The fourth-order valence-corrected chi connectivity index (χ4v) is 0.864. The molecule has 0 radical (unpaired) electrons. The van der Waals surface area contributed by atoms with Crippen LogP contribution in [0, 0.1) is 0 Å². The second-order valence-electron chi connectivity index (χ2n) is 3.55. The zero-order chi connectivity index (χ0) is 9.61. The van der Waals surface area contributed by atoms with Crippen LogP contribution in [0.2, 0.25) is 0 Å². The van der Waals surface area contributed by atoms with Gasteiger partial charge in [0.2, 0.25) is 0 Å². The van der Waals surface area contributed by atoms with E-state index in [1.807, 2.05) is 6.92 Å². The Labute approximate surface area is 74.9 Å². The van der Waals surface area contributed by atoms with Crippen LogP contribution in [-0.4, -0.2) is 10.7 Å². The van der Waals surface area contributed by atoms with E-state index in [4.69, 9.17) is 5.21 Å². The van der Waals surface area contributed by atoms with Crippen LogP contribution < -0.4 is 5.48 Å². The Bertz CT molecular complexity index is 171. The van der Waals surface area contributed by atoms with Gasteiger partial charge in [-0.05, 0) is 33.6 Å². The zero-order valence-electron chi connectivity index (χ0n) is 8.22. The number of nitrogens with one attached hydrogen (secondary N) is 1. The van der Waals surface area contributed by atoms with Gasteiger partial charge in [0.05, 0.1) is 5.54 Å². The van der Waals surface area contributed by atoms with E-state index in [2.05, 4.69) is 32.0 Å². The van der Waals surface area contributed by atoms with E-state index in [-0.39, 0.29) is 5.54 Å². The van der Waals surface area contributed by atoms with E-state index >= 15 is 0 Å². The minimum Gasteiger partial charge on any atom is -0.316 e. The highest BCUT2D eigenvalue weighted by Gasteiger charge is 2.16. The molecule has 0 spiro atoms. The van der Waals surface area contributed by atoms with E-state index < -0.39 is 0 Å². The number of hydroxylamine groups is 1. The van der Waals surface area contributed by atoms with Gasteiger partial charge in [-0.3, -0.25) is 0 Å². The zero-order valence-corrected chi connectivity index (χ0v) is 8.22. The summed E-state index contributed by atoms with van der Waals surface area (Å²) in [4.78, 5) is 0. The molecule has 0 aromatic carbocycles. The molecule has 0 aliphatic heterocycles. The largest absolute Gasteiger partial charge is 0.316 e. The lowest BCUT2D eigenvalue weighted by atomic mass is 9.97. The van der Waals surface area contributed by atoms with E-state index in [1.165, 1.54) is 5.57 Å². The molecule has 0 aromatic rings. The summed E-state index contributed by atoms with van der Waals surface area (Å²) in [5.74, 6) is 0. The van der Waals surface area contributed by atoms with Gasteiger partial charge in [-0.15, -0.1) is 6.58 Å². The molecule has 0 saturated heterocycles. The Morgan fingerprint density at radius 3 is 2.50 bits per heavy atom. The number of hydrogen-bond acceptors (Lipinski definition) is 2. The maximum atomic E-state index is 8.81. The summed E-state index contributed by atoms with van der Waals surface area (Å²) in [6.07, 6.45) is 5.70. The van der Waals surface area contributed by atoms with Gasteiger partial charge in [0.25, 0.3) is 0 Å². The second-order valence-corrected chi connectivity index (χ2v) is 3.55. The molecule has 0 bridgehead atoms. The topological polar surface area (TPSA) is 32.3 Å². The summed E-state index contributed by atoms with van der Waals surface area (Å²) in [5, 5.41) is 8.81. The molecular weight excluding hydrogens is 150 g/mol. The summed E-state index contributed by atoms with van der Waals surface area (Å²) in [6.45, 7) is 9.71. The van der Waals surface area contributed by atoms with E-state index in [0.717, 1.165) is 12.8 Å². The molecule has 2 heteroatoms. The molecule has 0 heterocycles. The standard InChI is InChI=1S/C10H19NO/c1-5-10(4,11-12)8-6-7-9(2)3/h5,7,11-12H,1,6,8H2,2-4H3. The Morgan fingerprint density at radius 2 is 2.17 bits per heavy atom. The molecule has 0 saturated carbocycles. The molecule has 12 heavy (non-hydrogen) atoms. The van der Waals surface area contributed by atoms with Crippen molar-refractivity contribution in [3.8, 4) is 0 Å². The first-order valence-corrected chi connectivity index (χ1v) is 4.22. The van der Waals surface area contributed by atoms with Crippen LogP contribution in [0.1, 0.15) is 33.6 Å². The quantitative estimate of drug-likeness (QED) is 0.490. The molecular formula is C10H19NO. The highest BCUT2D eigenvalue weighted by molar-refractivity contribution is 5.01. The van der Waals surface area contributed by atoms with E-state index in [9.17, 15) is 0 Å². The van der Waals surface area contributed by atoms with Crippen LogP contribution in [0.25, 0.3) is 0 Å². The predicted molar refractivity (Wildman–Crippen MR) is 52.2 cm³/mol. The number of hydrogen-bond donors (Lipinski definition) is 2. The second kappa shape index (κ2) is 5.12. The molecule has 0 aromatic heterocycles. The highest BCUT2D eigenvalue weighted by Crippen LogP contribution is 2.13. The predicted octanol–water partition coefficient (Wildman–Crippen LogP) is 2.66. The third kappa shape index (κ3) is 4.31. The maximum absolute atomic E-state index is 8.81. The fourth-order valence-electron chi connectivity index (χ4n) is 0.864. The van der Waals surface area contributed by atoms with Gasteiger partial charge in [0.1, 0.15) is 0 Å². The molecule has 1 atom stereocenters. The molecule has 0 fully saturated rings. The van der Waals surface area contributed by atoms with Gasteiger partial charge >= 0.3 is 0 Å². The summed E-state index contributed by atoms with van der Waals surface area (Å²) in [5.41, 5.74) is 3.20. The first kappa shape index (κ1) is 11.4. The van der Waals surface area contributed by atoms with Crippen molar-refractivity contribution < 1.29 is 5.21 Å². The summed E-state index contributed by atoms with van der Waals surface area (Å²) < 4.78 is 0. The van der Waals surface area contributed by atoms with Crippen LogP contribution in [0.15, 0.2) is 24.3 Å². The maximum Gasteiger partial charge on any atom is 0.0581 e. The first-order valence-electron chi connectivity index (χ1n) is 4.22. The SMILES string of the molecule is C=CC(C)(CCC=C(C)C)NO. The molecule has 70 valence electrons. The molecule has 0 amide bonds. The van der Waals surface area contributed by atoms with Crippen LogP contribution in [-0.2, 0) is 0 Å². The molecule has 1 unspecified atom stereocenters. The summed E-state index contributed by atoms with van der Waals surface area (Å²) in [6, 6.07) is 0. The van der Waals surface area contributed by atoms with Crippen molar-refractivity contribution in [2.45, 2.75) is 39.2 Å². The Balaban J connectivity index is 3.89. The number of allylic oxidation sites excluding steroid dienone is 2. The van der Waals surface area contributed by atoms with Gasteiger partial charge < -0.3 is 5.21 Å². The number of rotatable bonds is 5. The van der Waals surface area contributed by atoms with Crippen molar-refractivity contribution in [3.05, 3.63) is 24.3 Å². The average molecular weight is 169 g/mol. The van der Waals surface area contributed by atoms with Gasteiger partial charge in [-0.25, -0.2) is 0 Å². The Morgan fingerprint density at radius 1 is 1.58 bits per heavy atom. The van der Waals surface area contributed by atoms with Crippen LogP contribution in [0.4, 0.5) is 0 Å². The highest BCUT2D eigenvalue weighted by atomic mass is 16.5. The fraction of sp³-hybridized carbons (Fsp3) is 0.600. The lowest BCUT2D eigenvalue weighted by molar-refractivity contribution is 0.0929. The third-order valence-corrected chi connectivity index (χ3v) is 1.92. The van der Waals surface area contributed by atoms with Crippen LogP contribution in [0.5, 0.6) is 0 Å². The lowest BCUT2D eigenvalue weighted by Gasteiger charge is -2.22. The van der Waals surface area contributed by atoms with Crippen LogP contribution in [0.3, 0.4) is 0 Å². The minimum absolute atomic E-state index is 0.355. The van der Waals surface area contributed by atoms with Gasteiger partial charge in [0, 0.05) is 0 Å². The minimum atomic E-state index is -0.355. The lowest BCUT2D eigenvalue weighted by Crippen LogP contribution is -2.37. The first-order chi connectivity index (χ1) is 5.54. The Hall–Kier alpha value is -0.600. The van der Waals surface area contributed by atoms with Crippen molar-refractivity contribution >= 4 is 0 Å². The van der Waals surface area contributed by atoms with Gasteiger partial charge in [-0.2, -0.15) is 5.48 Å². The third-order valence-electron chi connectivity index (χ3n) is 1.92. The normalized spacial score (nSPS) is 15.0. The van der Waals surface area contributed by atoms with Crippen molar-refractivity contribution in [2.24, 2.45) is 0 Å². The van der Waals surface area contributed by atoms with E-state index in [0.29, 0.717) is 0 Å². The monoisotopic (exact) mass is 169 g/mol. The van der Waals surface area contributed by atoms with Crippen LogP contribution >= 0.6 is 0 Å². The summed E-state index contributed by atoms with van der Waals surface area (Å²) >= 11 is 0. The molecule has 0 rings (SSSR count). The summed E-state index contributed by atoms with van der Waals surface area (Å²) in [7, 11) is 0. The smallest absolute Gasteiger partial charge is 0.0581 e. The molecule has 0 aliphatic rings. The van der Waals surface area contributed by atoms with Gasteiger partial charge in [-0.1, -0.05) is 17.7 Å². The van der Waals surface area contributed by atoms with Gasteiger partial charge in [0.15, 0.2) is 0 Å². The van der Waals surface area contributed by atoms with Crippen molar-refractivity contribution in [2.75, 3.05) is 0 Å². The molecule has 2 nitrogen and oxygen atoms in total. The molecule has 2 N–H and O–H groups in total.